The lowest BCUT2D eigenvalue weighted by Crippen LogP contribution is -2.38. The molecule has 0 unspecified atom stereocenters. The summed E-state index contributed by atoms with van der Waals surface area (Å²) in [5, 5.41) is 2.41. The largest absolute Gasteiger partial charge is 0.497 e. The molecule has 3 aromatic carbocycles. The lowest BCUT2D eigenvalue weighted by atomic mass is 10.1. The Kier molecular flexibility index (Phi) is 5.34. The molecule has 160 valence electrons. The van der Waals surface area contributed by atoms with Gasteiger partial charge in [-0.05, 0) is 42.0 Å². The molecule has 0 radical (unpaired) electrons. The molecule has 7 nitrogen and oxygen atoms in total. The predicted octanol–water partition coefficient (Wildman–Crippen LogP) is 3.44. The number of carbonyl (C=O) groups excluding carboxylic acids is 1. The van der Waals surface area contributed by atoms with Gasteiger partial charge in [-0.25, -0.2) is 14.2 Å². The van der Waals surface area contributed by atoms with Crippen LogP contribution in [0, 0.1) is 11.6 Å². The van der Waals surface area contributed by atoms with Crippen molar-refractivity contribution in [3.63, 3.8) is 0 Å². The van der Waals surface area contributed by atoms with E-state index in [0.717, 1.165) is 22.6 Å². The molecule has 10 heteroatoms. The van der Waals surface area contributed by atoms with Crippen LogP contribution < -0.4 is 19.9 Å². The highest BCUT2D eigenvalue weighted by Crippen LogP contribution is 2.33. The summed E-state index contributed by atoms with van der Waals surface area (Å²) in [6.45, 7) is 0.245. The van der Waals surface area contributed by atoms with Gasteiger partial charge in [0, 0.05) is 18.3 Å². The Hall–Kier alpha value is -3.50. The molecule has 0 spiro atoms. The van der Waals surface area contributed by atoms with Crippen LogP contribution in [-0.4, -0.2) is 21.4 Å². The SMILES string of the molecule is COc1cccc(S(=O)(=O)N2NCc3ccc(NC(=O)c4c(F)cccc4F)cc32)c1. The molecule has 0 saturated carbocycles. The van der Waals surface area contributed by atoms with Gasteiger partial charge in [0.2, 0.25) is 0 Å². The minimum atomic E-state index is -3.99. The Bertz CT molecular complexity index is 1260. The molecule has 3 aromatic rings. The summed E-state index contributed by atoms with van der Waals surface area (Å²) in [5.74, 6) is -2.60. The minimum Gasteiger partial charge on any atom is -0.497 e. The van der Waals surface area contributed by atoms with Crippen molar-refractivity contribution in [3.05, 3.63) is 83.4 Å². The van der Waals surface area contributed by atoms with Gasteiger partial charge in [0.05, 0.1) is 17.7 Å². The Balaban J connectivity index is 1.66. The number of hydrogen-bond acceptors (Lipinski definition) is 5. The van der Waals surface area contributed by atoms with Gasteiger partial charge in [-0.3, -0.25) is 4.79 Å². The first-order chi connectivity index (χ1) is 14.8. The number of anilines is 2. The summed E-state index contributed by atoms with van der Waals surface area (Å²) < 4.78 is 60.1. The van der Waals surface area contributed by atoms with Crippen LogP contribution in [-0.2, 0) is 16.6 Å². The van der Waals surface area contributed by atoms with Crippen molar-refractivity contribution in [1.29, 1.82) is 0 Å². The lowest BCUT2D eigenvalue weighted by molar-refractivity contribution is 0.101. The van der Waals surface area contributed by atoms with Crippen molar-refractivity contribution in [2.45, 2.75) is 11.4 Å². The number of amides is 1. The number of nitrogens with one attached hydrogen (secondary N) is 2. The van der Waals surface area contributed by atoms with E-state index in [1.807, 2.05) is 0 Å². The second-order valence-corrected chi connectivity index (χ2v) is 8.46. The maximum absolute atomic E-state index is 13.9. The van der Waals surface area contributed by atoms with Gasteiger partial charge in [0.15, 0.2) is 0 Å². The van der Waals surface area contributed by atoms with E-state index < -0.39 is 33.1 Å². The van der Waals surface area contributed by atoms with E-state index in [-0.39, 0.29) is 22.8 Å². The molecule has 0 bridgehead atoms. The molecule has 0 atom stereocenters. The number of methoxy groups -OCH3 is 1. The van der Waals surface area contributed by atoms with Gasteiger partial charge in [0.1, 0.15) is 22.9 Å². The second kappa shape index (κ2) is 7.97. The number of benzene rings is 3. The van der Waals surface area contributed by atoms with Crippen molar-refractivity contribution < 1.29 is 26.7 Å². The fourth-order valence-electron chi connectivity index (χ4n) is 3.21. The number of fused-ring (bicyclic) bond motifs is 1. The summed E-state index contributed by atoms with van der Waals surface area (Å²) in [6.07, 6.45) is 0. The van der Waals surface area contributed by atoms with Crippen LogP contribution in [0.5, 0.6) is 5.75 Å². The maximum Gasteiger partial charge on any atom is 0.277 e. The highest BCUT2D eigenvalue weighted by molar-refractivity contribution is 7.92. The number of sulfonamides is 1. The summed E-state index contributed by atoms with van der Waals surface area (Å²) >= 11 is 0. The number of halogens is 2. The number of rotatable bonds is 5. The molecule has 0 saturated heterocycles. The summed E-state index contributed by atoms with van der Waals surface area (Å²) in [5.41, 5.74) is 3.22. The molecule has 0 aromatic heterocycles. The van der Waals surface area contributed by atoms with Gasteiger partial charge in [-0.15, -0.1) is 0 Å². The number of hydrogen-bond donors (Lipinski definition) is 2. The average Bonchev–Trinajstić information content (AvgIpc) is 3.18. The molecule has 1 aliphatic rings. The van der Waals surface area contributed by atoms with Crippen molar-refractivity contribution in [1.82, 2.24) is 5.43 Å². The highest BCUT2D eigenvalue weighted by Gasteiger charge is 2.31. The van der Waals surface area contributed by atoms with Gasteiger partial charge in [-0.2, -0.15) is 12.8 Å². The Morgan fingerprint density at radius 2 is 1.77 bits per heavy atom. The molecule has 1 heterocycles. The first-order valence-electron chi connectivity index (χ1n) is 9.12. The third-order valence-electron chi connectivity index (χ3n) is 4.74. The van der Waals surface area contributed by atoms with Crippen LogP contribution in [0.25, 0.3) is 0 Å². The molecule has 1 amide bonds. The molecule has 0 fully saturated rings. The third kappa shape index (κ3) is 3.82. The number of carbonyl (C=O) groups is 1. The number of ether oxygens (including phenoxy) is 1. The summed E-state index contributed by atoms with van der Waals surface area (Å²) in [4.78, 5) is 12.4. The van der Waals surface area contributed by atoms with E-state index in [9.17, 15) is 22.0 Å². The molecular formula is C21H17F2N3O4S. The normalized spacial score (nSPS) is 13.1. The van der Waals surface area contributed by atoms with E-state index in [0.29, 0.717) is 11.3 Å². The van der Waals surface area contributed by atoms with Gasteiger partial charge in [0.25, 0.3) is 15.9 Å². The molecule has 1 aliphatic heterocycles. The smallest absolute Gasteiger partial charge is 0.277 e. The quantitative estimate of drug-likeness (QED) is 0.628. The van der Waals surface area contributed by atoms with Gasteiger partial charge < -0.3 is 10.1 Å². The van der Waals surface area contributed by atoms with Crippen molar-refractivity contribution >= 4 is 27.3 Å². The monoisotopic (exact) mass is 445 g/mol. The molecule has 0 aliphatic carbocycles. The first kappa shape index (κ1) is 20.8. The predicted molar refractivity (Wildman–Crippen MR) is 110 cm³/mol. The molecule has 4 rings (SSSR count). The standard InChI is InChI=1S/C21H17F2N3O4S/c1-30-15-4-2-5-16(11-15)31(28,29)26-19-10-14(9-8-13(19)12-24-26)25-21(27)20-17(22)6-3-7-18(20)23/h2-11,24H,12H2,1H3,(H,25,27). The van der Waals surface area contributed by atoms with Crippen molar-refractivity contribution in [3.8, 4) is 5.75 Å². The van der Waals surface area contributed by atoms with Gasteiger partial charge in [-0.1, -0.05) is 18.2 Å². The summed E-state index contributed by atoms with van der Waals surface area (Å²) in [6, 6.07) is 13.7. The lowest BCUT2D eigenvalue weighted by Gasteiger charge is -2.20. The molecule has 31 heavy (non-hydrogen) atoms. The Labute approximate surface area is 177 Å². The fraction of sp³-hybridized carbons (Fsp3) is 0.0952. The van der Waals surface area contributed by atoms with Crippen molar-refractivity contribution in [2.75, 3.05) is 16.8 Å². The van der Waals surface area contributed by atoms with Crippen LogP contribution in [0.4, 0.5) is 20.2 Å². The fourth-order valence-corrected chi connectivity index (χ4v) is 4.60. The topological polar surface area (TPSA) is 87.7 Å². The van der Waals surface area contributed by atoms with Crippen LogP contribution in [0.3, 0.4) is 0 Å². The third-order valence-corrected chi connectivity index (χ3v) is 6.40. The zero-order chi connectivity index (χ0) is 22.2. The van der Waals surface area contributed by atoms with E-state index in [1.165, 1.54) is 31.4 Å². The van der Waals surface area contributed by atoms with Crippen LogP contribution in [0.15, 0.2) is 65.6 Å². The van der Waals surface area contributed by atoms with E-state index >= 15 is 0 Å². The second-order valence-electron chi connectivity index (χ2n) is 6.68. The molecule has 2 N–H and O–H groups in total. The van der Waals surface area contributed by atoms with E-state index in [1.54, 1.807) is 18.2 Å². The van der Waals surface area contributed by atoms with Crippen molar-refractivity contribution in [2.24, 2.45) is 0 Å². The Morgan fingerprint density at radius 1 is 1.06 bits per heavy atom. The average molecular weight is 445 g/mol. The van der Waals surface area contributed by atoms with Gasteiger partial charge >= 0.3 is 0 Å². The minimum absolute atomic E-state index is 0.00932. The van der Waals surface area contributed by atoms with E-state index in [2.05, 4.69) is 10.7 Å². The molecular weight excluding hydrogens is 428 g/mol. The maximum atomic E-state index is 13.9. The number of nitrogens with zero attached hydrogens (tertiary/aromatic N) is 1. The Morgan fingerprint density at radius 3 is 2.48 bits per heavy atom. The summed E-state index contributed by atoms with van der Waals surface area (Å²) in [7, 11) is -2.55. The number of hydrazine groups is 1. The van der Waals surface area contributed by atoms with E-state index in [4.69, 9.17) is 4.74 Å². The zero-order valence-electron chi connectivity index (χ0n) is 16.2. The first-order valence-corrected chi connectivity index (χ1v) is 10.6. The van der Waals surface area contributed by atoms with Crippen LogP contribution in [0.1, 0.15) is 15.9 Å². The van der Waals surface area contributed by atoms with Crippen LogP contribution >= 0.6 is 0 Å². The highest BCUT2D eigenvalue weighted by atomic mass is 32.2. The zero-order valence-corrected chi connectivity index (χ0v) is 17.0. The van der Waals surface area contributed by atoms with Crippen LogP contribution in [0.2, 0.25) is 0 Å².